The summed E-state index contributed by atoms with van der Waals surface area (Å²) in [5.74, 6) is 0.755. The first kappa shape index (κ1) is 22.6. The van der Waals surface area contributed by atoms with Crippen LogP contribution in [0.3, 0.4) is 0 Å². The molecular weight excluding hydrogens is 440 g/mol. The molecule has 0 radical (unpaired) electrons. The Balaban J connectivity index is 1.64. The van der Waals surface area contributed by atoms with Crippen LogP contribution in [0, 0.1) is 13.8 Å². The lowest BCUT2D eigenvalue weighted by Crippen LogP contribution is -2.46. The average Bonchev–Trinajstić information content (AvgIpc) is 3.22. The molecule has 0 N–H and O–H groups in total. The van der Waals surface area contributed by atoms with Crippen molar-refractivity contribution in [3.63, 3.8) is 0 Å². The van der Waals surface area contributed by atoms with Crippen molar-refractivity contribution in [3.8, 4) is 0 Å². The second-order valence-electron chi connectivity index (χ2n) is 8.62. The van der Waals surface area contributed by atoms with Gasteiger partial charge in [-0.1, -0.05) is 71.9 Å². The van der Waals surface area contributed by atoms with Gasteiger partial charge in [0, 0.05) is 16.5 Å². The summed E-state index contributed by atoms with van der Waals surface area (Å²) in [6, 6.07) is 17.8. The third kappa shape index (κ3) is 4.48. The molecule has 2 heterocycles. The molecule has 5 nitrogen and oxygen atoms in total. The lowest BCUT2D eigenvalue weighted by molar-refractivity contribution is 0.0765. The zero-order chi connectivity index (χ0) is 22.9. The van der Waals surface area contributed by atoms with Crippen molar-refractivity contribution in [2.75, 3.05) is 5.75 Å². The van der Waals surface area contributed by atoms with Gasteiger partial charge in [0.25, 0.3) is 5.91 Å². The summed E-state index contributed by atoms with van der Waals surface area (Å²) in [4.78, 5) is 20.5. The maximum absolute atomic E-state index is 13.8. The van der Waals surface area contributed by atoms with E-state index in [0.29, 0.717) is 23.7 Å². The summed E-state index contributed by atoms with van der Waals surface area (Å²) in [7, 11) is 0. The Labute approximate surface area is 198 Å². The highest BCUT2D eigenvalue weighted by atomic mass is 35.5. The van der Waals surface area contributed by atoms with Gasteiger partial charge in [-0.15, -0.1) is 0 Å². The van der Waals surface area contributed by atoms with E-state index in [1.807, 2.05) is 78.0 Å². The second kappa shape index (κ2) is 9.12. The Kier molecular flexibility index (Phi) is 6.45. The fraction of sp³-hybridized carbons (Fsp3) is 0.320. The highest BCUT2D eigenvalue weighted by Crippen LogP contribution is 2.35. The zero-order valence-electron chi connectivity index (χ0n) is 18.8. The third-order valence-electron chi connectivity index (χ3n) is 5.67. The monoisotopic (exact) mass is 466 g/mol. The molecule has 7 heteroatoms. The van der Waals surface area contributed by atoms with Crippen LogP contribution in [0.1, 0.15) is 46.7 Å². The predicted molar refractivity (Wildman–Crippen MR) is 133 cm³/mol. The van der Waals surface area contributed by atoms with Gasteiger partial charge in [0.1, 0.15) is 0 Å². The number of carbonyl (C=O) groups is 1. The molecule has 166 valence electrons. The van der Waals surface area contributed by atoms with E-state index >= 15 is 0 Å². The van der Waals surface area contributed by atoms with E-state index in [0.717, 1.165) is 33.4 Å². The minimum absolute atomic E-state index is 0.0489. The Morgan fingerprint density at radius 3 is 2.53 bits per heavy atom. The Hall–Kier alpha value is -2.57. The van der Waals surface area contributed by atoms with Gasteiger partial charge in [-0.25, -0.2) is 0 Å². The van der Waals surface area contributed by atoms with Crippen molar-refractivity contribution >= 4 is 34.4 Å². The summed E-state index contributed by atoms with van der Waals surface area (Å²) in [5.41, 5.74) is 3.96. The van der Waals surface area contributed by atoms with Crippen molar-refractivity contribution in [1.82, 2.24) is 14.7 Å². The van der Waals surface area contributed by atoms with Crippen LogP contribution >= 0.6 is 23.4 Å². The van der Waals surface area contributed by atoms with E-state index in [9.17, 15) is 4.79 Å². The molecule has 3 aromatic rings. The van der Waals surface area contributed by atoms with Crippen molar-refractivity contribution < 1.29 is 4.79 Å². The van der Waals surface area contributed by atoms with Crippen LogP contribution in [0.15, 0.2) is 59.6 Å². The summed E-state index contributed by atoms with van der Waals surface area (Å²) in [5, 5.41) is 6.13. The van der Waals surface area contributed by atoms with Crippen LogP contribution < -0.4 is 0 Å². The van der Waals surface area contributed by atoms with Gasteiger partial charge in [-0.05, 0) is 44.9 Å². The van der Waals surface area contributed by atoms with Gasteiger partial charge in [0.05, 0.1) is 29.9 Å². The van der Waals surface area contributed by atoms with E-state index in [1.165, 1.54) is 0 Å². The first-order valence-corrected chi connectivity index (χ1v) is 12.0. The molecule has 0 spiro atoms. The number of thioether (sulfide) groups is 1. The van der Waals surface area contributed by atoms with E-state index in [-0.39, 0.29) is 11.4 Å². The van der Waals surface area contributed by atoms with Crippen LogP contribution in [0.5, 0.6) is 0 Å². The summed E-state index contributed by atoms with van der Waals surface area (Å²) in [6.07, 6.45) is 0. The number of aliphatic imine (C=N–C) groups is 1. The molecule has 1 saturated heterocycles. The maximum atomic E-state index is 13.8. The van der Waals surface area contributed by atoms with E-state index in [1.54, 1.807) is 11.8 Å². The van der Waals surface area contributed by atoms with Gasteiger partial charge in [-0.3, -0.25) is 19.4 Å². The normalized spacial score (nSPS) is 16.7. The molecule has 0 unspecified atom stereocenters. The topological polar surface area (TPSA) is 50.5 Å². The Morgan fingerprint density at radius 2 is 1.81 bits per heavy atom. The van der Waals surface area contributed by atoms with Crippen LogP contribution in [-0.2, 0) is 13.1 Å². The highest BCUT2D eigenvalue weighted by Gasteiger charge is 2.43. The van der Waals surface area contributed by atoms with Crippen LogP contribution in [0.2, 0.25) is 5.02 Å². The number of nitrogens with zero attached hydrogens (tertiary/aromatic N) is 4. The van der Waals surface area contributed by atoms with Crippen LogP contribution in [0.4, 0.5) is 0 Å². The highest BCUT2D eigenvalue weighted by molar-refractivity contribution is 8.14. The molecular formula is C25H27ClN4OS. The lowest BCUT2D eigenvalue weighted by Gasteiger charge is -2.30. The minimum Gasteiger partial charge on any atom is -0.281 e. The fourth-order valence-corrected chi connectivity index (χ4v) is 5.33. The number of hydrogen-bond donors (Lipinski definition) is 0. The number of benzene rings is 2. The Bertz CT molecular complexity index is 1170. The molecule has 2 aromatic carbocycles. The first-order valence-electron chi connectivity index (χ1n) is 10.6. The molecule has 1 aliphatic rings. The molecule has 1 aromatic heterocycles. The number of aryl methyl sites for hydroxylation is 1. The smallest absolute Gasteiger partial charge is 0.264 e. The lowest BCUT2D eigenvalue weighted by atomic mass is 10.0. The molecule has 0 atom stereocenters. The molecule has 0 saturated carbocycles. The van der Waals surface area contributed by atoms with Crippen molar-refractivity contribution in [1.29, 1.82) is 0 Å². The van der Waals surface area contributed by atoms with Crippen molar-refractivity contribution in [3.05, 3.63) is 87.7 Å². The molecule has 32 heavy (non-hydrogen) atoms. The zero-order valence-corrected chi connectivity index (χ0v) is 20.4. The summed E-state index contributed by atoms with van der Waals surface area (Å²) in [6.45, 7) is 9.07. The first-order chi connectivity index (χ1) is 15.3. The largest absolute Gasteiger partial charge is 0.281 e. The molecule has 1 aliphatic heterocycles. The number of carbonyl (C=O) groups excluding carboxylic acids is 1. The quantitative estimate of drug-likeness (QED) is 0.482. The van der Waals surface area contributed by atoms with Crippen LogP contribution in [-0.4, -0.2) is 37.0 Å². The van der Waals surface area contributed by atoms with E-state index in [4.69, 9.17) is 16.6 Å². The van der Waals surface area contributed by atoms with Gasteiger partial charge in [0.15, 0.2) is 5.17 Å². The molecule has 1 amide bonds. The number of amidine groups is 1. The molecule has 4 rings (SSSR count). The van der Waals surface area contributed by atoms with Gasteiger partial charge >= 0.3 is 0 Å². The van der Waals surface area contributed by atoms with E-state index < -0.39 is 0 Å². The third-order valence-corrected chi connectivity index (χ3v) is 7.46. The van der Waals surface area contributed by atoms with Gasteiger partial charge in [0.2, 0.25) is 0 Å². The fourth-order valence-electron chi connectivity index (χ4n) is 3.91. The maximum Gasteiger partial charge on any atom is 0.264 e. The summed E-state index contributed by atoms with van der Waals surface area (Å²) >= 11 is 7.98. The number of halogens is 1. The van der Waals surface area contributed by atoms with Gasteiger partial charge < -0.3 is 0 Å². The number of amides is 1. The Morgan fingerprint density at radius 1 is 1.12 bits per heavy atom. The van der Waals surface area contributed by atoms with Crippen molar-refractivity contribution in [2.24, 2.45) is 4.99 Å². The van der Waals surface area contributed by atoms with Gasteiger partial charge in [-0.2, -0.15) is 5.10 Å². The SMILES string of the molecule is Cc1nn(Cc2ccccc2Cl)c(C)c1C(=O)N1C(=NCc2ccccc2)SCC1(C)C. The van der Waals surface area contributed by atoms with Crippen LogP contribution in [0.25, 0.3) is 0 Å². The molecule has 1 fully saturated rings. The summed E-state index contributed by atoms with van der Waals surface area (Å²) < 4.78 is 1.86. The number of rotatable bonds is 5. The average molecular weight is 467 g/mol. The standard InChI is InChI=1S/C25H27ClN4OS/c1-17-22(18(2)29(28-17)15-20-12-8-9-13-21(20)26)23(31)30-24(32-16-25(30,3)4)27-14-19-10-6-5-7-11-19/h5-13H,14-16H2,1-4H3. The predicted octanol–water partition coefficient (Wildman–Crippen LogP) is 5.73. The second-order valence-corrected chi connectivity index (χ2v) is 9.97. The minimum atomic E-state index is -0.332. The number of hydrogen-bond acceptors (Lipinski definition) is 4. The van der Waals surface area contributed by atoms with E-state index in [2.05, 4.69) is 18.9 Å². The molecule has 0 bridgehead atoms. The molecule has 0 aliphatic carbocycles. The van der Waals surface area contributed by atoms with Crippen molar-refractivity contribution in [2.45, 2.75) is 46.3 Å². The number of aromatic nitrogens is 2.